The SMILES string of the molecule is CC1CCCCN1CCCNC(=O)c1ccc2c(c1)C(=O)N(Cc1ccc(F)cc1)C2=O. The summed E-state index contributed by atoms with van der Waals surface area (Å²) < 4.78 is 13.1. The number of carbonyl (C=O) groups excluding carboxylic acids is 3. The molecule has 6 nitrogen and oxygen atoms in total. The lowest BCUT2D eigenvalue weighted by Crippen LogP contribution is -2.39. The van der Waals surface area contributed by atoms with Gasteiger partial charge in [0.1, 0.15) is 5.82 Å². The number of halogens is 1. The van der Waals surface area contributed by atoms with Crippen LogP contribution in [0.15, 0.2) is 42.5 Å². The van der Waals surface area contributed by atoms with Gasteiger partial charge in [-0.3, -0.25) is 19.3 Å². The van der Waals surface area contributed by atoms with Crippen LogP contribution < -0.4 is 5.32 Å². The smallest absolute Gasteiger partial charge is 0.261 e. The number of imide groups is 1. The molecular weight excluding hydrogens is 409 g/mol. The second-order valence-corrected chi connectivity index (χ2v) is 8.57. The number of fused-ring (bicyclic) bond motifs is 1. The Morgan fingerprint density at radius 3 is 2.56 bits per heavy atom. The van der Waals surface area contributed by atoms with Gasteiger partial charge in [-0.05, 0) is 68.6 Å². The first-order valence-corrected chi connectivity index (χ1v) is 11.2. The largest absolute Gasteiger partial charge is 0.352 e. The number of amides is 3. The predicted molar refractivity (Wildman–Crippen MR) is 119 cm³/mol. The van der Waals surface area contributed by atoms with Crippen molar-refractivity contribution in [2.75, 3.05) is 19.6 Å². The minimum absolute atomic E-state index is 0.0586. The van der Waals surface area contributed by atoms with Crippen LogP contribution in [0.4, 0.5) is 4.39 Å². The average Bonchev–Trinajstić information content (AvgIpc) is 3.03. The molecule has 1 saturated heterocycles. The van der Waals surface area contributed by atoms with E-state index < -0.39 is 11.8 Å². The fourth-order valence-corrected chi connectivity index (χ4v) is 4.42. The maximum absolute atomic E-state index is 13.1. The van der Waals surface area contributed by atoms with Crippen molar-refractivity contribution in [2.24, 2.45) is 0 Å². The summed E-state index contributed by atoms with van der Waals surface area (Å²) in [6.45, 7) is 4.94. The Balaban J connectivity index is 1.35. The van der Waals surface area contributed by atoms with E-state index in [4.69, 9.17) is 0 Å². The highest BCUT2D eigenvalue weighted by molar-refractivity contribution is 6.22. The molecule has 0 aromatic heterocycles. The molecule has 0 bridgehead atoms. The van der Waals surface area contributed by atoms with Gasteiger partial charge >= 0.3 is 0 Å². The number of benzene rings is 2. The number of hydrogen-bond donors (Lipinski definition) is 1. The van der Waals surface area contributed by atoms with Gasteiger partial charge in [0, 0.05) is 24.7 Å². The first-order valence-electron chi connectivity index (χ1n) is 11.2. The topological polar surface area (TPSA) is 69.7 Å². The van der Waals surface area contributed by atoms with E-state index in [-0.39, 0.29) is 29.4 Å². The van der Waals surface area contributed by atoms with Gasteiger partial charge in [0.2, 0.25) is 0 Å². The number of nitrogens with one attached hydrogen (secondary N) is 1. The van der Waals surface area contributed by atoms with Gasteiger partial charge in [0.05, 0.1) is 17.7 Å². The van der Waals surface area contributed by atoms with Crippen LogP contribution in [0.5, 0.6) is 0 Å². The van der Waals surface area contributed by atoms with Crippen molar-refractivity contribution in [3.05, 3.63) is 70.5 Å². The van der Waals surface area contributed by atoms with Crippen LogP contribution in [0.1, 0.15) is 69.2 Å². The second kappa shape index (κ2) is 9.61. The number of likely N-dealkylation sites (tertiary alicyclic amines) is 1. The number of rotatable bonds is 7. The summed E-state index contributed by atoms with van der Waals surface area (Å²) in [5.74, 6) is -1.48. The van der Waals surface area contributed by atoms with Gasteiger partial charge < -0.3 is 10.2 Å². The third kappa shape index (κ3) is 4.72. The van der Waals surface area contributed by atoms with E-state index in [2.05, 4.69) is 17.1 Å². The highest BCUT2D eigenvalue weighted by Crippen LogP contribution is 2.26. The Morgan fingerprint density at radius 1 is 1.06 bits per heavy atom. The lowest BCUT2D eigenvalue weighted by molar-refractivity contribution is 0.0642. The van der Waals surface area contributed by atoms with E-state index in [1.807, 2.05) is 0 Å². The minimum atomic E-state index is -0.442. The average molecular weight is 438 g/mol. The third-order valence-corrected chi connectivity index (χ3v) is 6.34. The molecule has 1 atom stereocenters. The first-order chi connectivity index (χ1) is 15.4. The van der Waals surface area contributed by atoms with Crippen LogP contribution in [-0.2, 0) is 6.54 Å². The highest BCUT2D eigenvalue weighted by atomic mass is 19.1. The summed E-state index contributed by atoms with van der Waals surface area (Å²) in [4.78, 5) is 41.7. The van der Waals surface area contributed by atoms with Crippen molar-refractivity contribution in [1.29, 1.82) is 0 Å². The first kappa shape index (κ1) is 22.1. The maximum Gasteiger partial charge on any atom is 0.261 e. The lowest BCUT2D eigenvalue weighted by Gasteiger charge is -2.33. The Bertz CT molecular complexity index is 1020. The molecule has 2 heterocycles. The summed E-state index contributed by atoms with van der Waals surface area (Å²) in [6.07, 6.45) is 4.61. The van der Waals surface area contributed by atoms with Gasteiger partial charge in [0.25, 0.3) is 17.7 Å². The molecule has 4 rings (SSSR count). The summed E-state index contributed by atoms with van der Waals surface area (Å²) >= 11 is 0. The van der Waals surface area contributed by atoms with E-state index in [0.717, 1.165) is 24.4 Å². The van der Waals surface area contributed by atoms with Gasteiger partial charge in [-0.25, -0.2) is 4.39 Å². The van der Waals surface area contributed by atoms with Crippen molar-refractivity contribution in [3.8, 4) is 0 Å². The van der Waals surface area contributed by atoms with Crippen LogP contribution >= 0.6 is 0 Å². The Labute approximate surface area is 187 Å². The predicted octanol–water partition coefficient (Wildman–Crippen LogP) is 3.62. The van der Waals surface area contributed by atoms with Gasteiger partial charge in [-0.1, -0.05) is 18.6 Å². The fraction of sp³-hybridized carbons (Fsp3) is 0.400. The Hall–Kier alpha value is -3.06. The van der Waals surface area contributed by atoms with Gasteiger partial charge in [0.15, 0.2) is 0 Å². The van der Waals surface area contributed by atoms with Crippen molar-refractivity contribution < 1.29 is 18.8 Å². The third-order valence-electron chi connectivity index (χ3n) is 6.34. The molecule has 168 valence electrons. The quantitative estimate of drug-likeness (QED) is 0.531. The summed E-state index contributed by atoms with van der Waals surface area (Å²) in [5.41, 5.74) is 1.53. The standard InChI is InChI=1S/C25H28FN3O3/c1-17-5-2-3-13-28(17)14-4-12-27-23(30)19-8-11-21-22(15-19)25(32)29(24(21)31)16-18-6-9-20(26)10-7-18/h6-11,15,17H,2-5,12-14,16H2,1H3,(H,27,30). The number of nitrogens with zero attached hydrogens (tertiary/aromatic N) is 2. The molecule has 2 aliphatic heterocycles. The maximum atomic E-state index is 13.1. The molecule has 32 heavy (non-hydrogen) atoms. The van der Waals surface area contributed by atoms with Crippen molar-refractivity contribution in [1.82, 2.24) is 15.1 Å². The van der Waals surface area contributed by atoms with Crippen molar-refractivity contribution >= 4 is 17.7 Å². The normalized spacial score (nSPS) is 18.7. The minimum Gasteiger partial charge on any atom is -0.352 e. The molecular formula is C25H28FN3O3. The molecule has 0 radical (unpaired) electrons. The van der Waals surface area contributed by atoms with Crippen LogP contribution in [0.25, 0.3) is 0 Å². The zero-order valence-electron chi connectivity index (χ0n) is 18.3. The number of carbonyl (C=O) groups is 3. The molecule has 1 N–H and O–H groups in total. The lowest BCUT2D eigenvalue weighted by atomic mass is 10.0. The molecule has 2 aliphatic rings. The molecule has 0 spiro atoms. The van der Waals surface area contributed by atoms with E-state index in [1.54, 1.807) is 18.2 Å². The van der Waals surface area contributed by atoms with Crippen molar-refractivity contribution in [2.45, 2.75) is 45.2 Å². The van der Waals surface area contributed by atoms with Crippen LogP contribution in [0, 0.1) is 5.82 Å². The summed E-state index contributed by atoms with van der Waals surface area (Å²) in [7, 11) is 0. The van der Waals surface area contributed by atoms with Gasteiger partial charge in [-0.2, -0.15) is 0 Å². The van der Waals surface area contributed by atoms with Crippen LogP contribution in [0.3, 0.4) is 0 Å². The zero-order chi connectivity index (χ0) is 22.7. The van der Waals surface area contributed by atoms with Crippen molar-refractivity contribution in [3.63, 3.8) is 0 Å². The fourth-order valence-electron chi connectivity index (χ4n) is 4.42. The summed E-state index contributed by atoms with van der Waals surface area (Å²) in [6, 6.07) is 10.9. The number of hydrogen-bond acceptors (Lipinski definition) is 4. The van der Waals surface area contributed by atoms with Gasteiger partial charge in [-0.15, -0.1) is 0 Å². The molecule has 1 unspecified atom stereocenters. The Morgan fingerprint density at radius 2 is 1.81 bits per heavy atom. The molecule has 7 heteroatoms. The molecule has 2 aromatic rings. The Kier molecular flexibility index (Phi) is 6.65. The van der Waals surface area contributed by atoms with E-state index in [0.29, 0.717) is 23.7 Å². The van der Waals surface area contributed by atoms with E-state index in [9.17, 15) is 18.8 Å². The van der Waals surface area contributed by atoms with Crippen LogP contribution in [0.2, 0.25) is 0 Å². The molecule has 0 saturated carbocycles. The summed E-state index contributed by atoms with van der Waals surface area (Å²) in [5, 5.41) is 2.92. The molecule has 3 amide bonds. The molecule has 0 aliphatic carbocycles. The van der Waals surface area contributed by atoms with Crippen LogP contribution in [-0.4, -0.2) is 53.2 Å². The van der Waals surface area contributed by atoms with E-state index in [1.165, 1.54) is 43.5 Å². The monoisotopic (exact) mass is 437 g/mol. The highest BCUT2D eigenvalue weighted by Gasteiger charge is 2.36. The molecule has 2 aromatic carbocycles. The zero-order valence-corrected chi connectivity index (χ0v) is 18.3. The second-order valence-electron chi connectivity index (χ2n) is 8.57. The number of piperidine rings is 1. The molecule has 1 fully saturated rings. The van der Waals surface area contributed by atoms with E-state index >= 15 is 0 Å².